The Morgan fingerprint density at radius 2 is 1.67 bits per heavy atom. The second-order valence-corrected chi connectivity index (χ2v) is 4.39. The Bertz CT molecular complexity index is 533. The van der Waals surface area contributed by atoms with E-state index in [1.165, 1.54) is 5.69 Å². The zero-order chi connectivity index (χ0) is 13.1. The maximum Gasteiger partial charge on any atom is 0.120 e. The monoisotopic (exact) mass is 242 g/mol. The van der Waals surface area contributed by atoms with Crippen molar-refractivity contribution in [2.75, 3.05) is 31.8 Å². The lowest BCUT2D eigenvalue weighted by Gasteiger charge is -2.13. The van der Waals surface area contributed by atoms with Crippen LogP contribution < -0.4 is 15.4 Å². The molecular formula is C15H18N2O. The van der Waals surface area contributed by atoms with Gasteiger partial charge in [0.05, 0.1) is 7.11 Å². The molecule has 0 aliphatic carbocycles. The quantitative estimate of drug-likeness (QED) is 0.841. The summed E-state index contributed by atoms with van der Waals surface area (Å²) in [7, 11) is 5.69. The molecule has 0 unspecified atom stereocenters. The zero-order valence-electron chi connectivity index (χ0n) is 11.0. The first-order chi connectivity index (χ1) is 8.61. The van der Waals surface area contributed by atoms with Gasteiger partial charge in [-0.15, -0.1) is 0 Å². The average Bonchev–Trinajstić information content (AvgIpc) is 2.38. The Morgan fingerprint density at radius 1 is 1.00 bits per heavy atom. The summed E-state index contributed by atoms with van der Waals surface area (Å²) in [5.41, 5.74) is 10.1. The minimum atomic E-state index is 0.729. The van der Waals surface area contributed by atoms with Crippen LogP contribution in [0.4, 0.5) is 11.4 Å². The first-order valence-electron chi connectivity index (χ1n) is 5.83. The molecular weight excluding hydrogens is 224 g/mol. The third kappa shape index (κ3) is 2.40. The molecule has 2 aromatic rings. The summed E-state index contributed by atoms with van der Waals surface area (Å²) in [4.78, 5) is 2.07. The third-order valence-electron chi connectivity index (χ3n) is 2.95. The lowest BCUT2D eigenvalue weighted by Crippen LogP contribution is -2.07. The molecule has 0 atom stereocenters. The number of nitrogen functional groups attached to an aromatic ring is 1. The van der Waals surface area contributed by atoms with E-state index < -0.39 is 0 Å². The van der Waals surface area contributed by atoms with Crippen molar-refractivity contribution in [3.63, 3.8) is 0 Å². The van der Waals surface area contributed by atoms with Gasteiger partial charge in [0.1, 0.15) is 5.75 Å². The molecule has 0 aliphatic rings. The average molecular weight is 242 g/mol. The van der Waals surface area contributed by atoms with Crippen molar-refractivity contribution >= 4 is 11.4 Å². The Balaban J connectivity index is 2.36. The van der Waals surface area contributed by atoms with Gasteiger partial charge in [-0.05, 0) is 29.8 Å². The van der Waals surface area contributed by atoms with Crippen LogP contribution in [-0.4, -0.2) is 21.2 Å². The molecule has 0 saturated heterocycles. The van der Waals surface area contributed by atoms with Gasteiger partial charge in [-0.1, -0.05) is 12.1 Å². The van der Waals surface area contributed by atoms with Crippen LogP contribution >= 0.6 is 0 Å². The number of nitrogens with two attached hydrogens (primary N) is 1. The summed E-state index contributed by atoms with van der Waals surface area (Å²) in [6.45, 7) is 0. The van der Waals surface area contributed by atoms with E-state index in [0.29, 0.717) is 0 Å². The smallest absolute Gasteiger partial charge is 0.120 e. The predicted octanol–water partition coefficient (Wildman–Crippen LogP) is 3.01. The molecule has 0 saturated carbocycles. The molecule has 0 spiro atoms. The fraction of sp³-hybridized carbons (Fsp3) is 0.200. The molecule has 0 aromatic heterocycles. The Hall–Kier alpha value is -2.16. The molecule has 2 aromatic carbocycles. The zero-order valence-corrected chi connectivity index (χ0v) is 11.0. The Labute approximate surface area is 108 Å². The minimum Gasteiger partial charge on any atom is -0.497 e. The molecule has 0 bridgehead atoms. The molecule has 2 rings (SSSR count). The molecule has 0 radical (unpaired) electrons. The van der Waals surface area contributed by atoms with Crippen molar-refractivity contribution in [1.82, 2.24) is 0 Å². The standard InChI is InChI=1S/C15H18N2O/c1-17(2)12-6-4-11(5-7-12)14-9-8-13(18-3)10-15(14)16/h4-10H,16H2,1-3H3. The molecule has 0 heterocycles. The Morgan fingerprint density at radius 3 is 2.17 bits per heavy atom. The van der Waals surface area contributed by atoms with E-state index in [1.54, 1.807) is 7.11 Å². The van der Waals surface area contributed by atoms with Gasteiger partial charge in [0.2, 0.25) is 0 Å². The van der Waals surface area contributed by atoms with Crippen LogP contribution in [0, 0.1) is 0 Å². The van der Waals surface area contributed by atoms with Crippen molar-refractivity contribution in [2.24, 2.45) is 0 Å². The number of anilines is 2. The van der Waals surface area contributed by atoms with E-state index in [-0.39, 0.29) is 0 Å². The van der Waals surface area contributed by atoms with Crippen LogP contribution in [0.5, 0.6) is 5.75 Å². The molecule has 3 nitrogen and oxygen atoms in total. The van der Waals surface area contributed by atoms with Crippen molar-refractivity contribution in [1.29, 1.82) is 0 Å². The van der Waals surface area contributed by atoms with E-state index in [1.807, 2.05) is 32.3 Å². The largest absolute Gasteiger partial charge is 0.497 e. The maximum absolute atomic E-state index is 6.04. The van der Waals surface area contributed by atoms with Crippen LogP contribution in [0.15, 0.2) is 42.5 Å². The van der Waals surface area contributed by atoms with Crippen molar-refractivity contribution in [3.05, 3.63) is 42.5 Å². The first kappa shape index (κ1) is 12.3. The van der Waals surface area contributed by atoms with E-state index in [2.05, 4.69) is 29.2 Å². The van der Waals surface area contributed by atoms with Gasteiger partial charge in [0, 0.05) is 37.1 Å². The molecule has 18 heavy (non-hydrogen) atoms. The third-order valence-corrected chi connectivity index (χ3v) is 2.95. The molecule has 0 amide bonds. The second kappa shape index (κ2) is 5.00. The number of methoxy groups -OCH3 is 1. The highest BCUT2D eigenvalue weighted by molar-refractivity contribution is 5.78. The summed E-state index contributed by atoms with van der Waals surface area (Å²) in [5.74, 6) is 0.779. The normalized spacial score (nSPS) is 10.2. The first-order valence-corrected chi connectivity index (χ1v) is 5.83. The topological polar surface area (TPSA) is 38.5 Å². The highest BCUT2D eigenvalue weighted by Crippen LogP contribution is 2.30. The number of benzene rings is 2. The second-order valence-electron chi connectivity index (χ2n) is 4.39. The van der Waals surface area contributed by atoms with Gasteiger partial charge in [0.15, 0.2) is 0 Å². The van der Waals surface area contributed by atoms with Crippen LogP contribution in [0.1, 0.15) is 0 Å². The minimum absolute atomic E-state index is 0.729. The summed E-state index contributed by atoms with van der Waals surface area (Å²) < 4.78 is 5.15. The van der Waals surface area contributed by atoms with Crippen LogP contribution in [-0.2, 0) is 0 Å². The van der Waals surface area contributed by atoms with E-state index in [4.69, 9.17) is 10.5 Å². The van der Waals surface area contributed by atoms with E-state index in [0.717, 1.165) is 22.6 Å². The Kier molecular flexibility index (Phi) is 3.42. The summed E-state index contributed by atoms with van der Waals surface area (Å²) in [6, 6.07) is 14.1. The number of rotatable bonds is 3. The predicted molar refractivity (Wildman–Crippen MR) is 77.2 cm³/mol. The van der Waals surface area contributed by atoms with Gasteiger partial charge in [-0.25, -0.2) is 0 Å². The number of nitrogens with zero attached hydrogens (tertiary/aromatic N) is 1. The summed E-state index contributed by atoms with van der Waals surface area (Å²) in [6.07, 6.45) is 0. The molecule has 2 N–H and O–H groups in total. The molecule has 3 heteroatoms. The van der Waals surface area contributed by atoms with Gasteiger partial charge >= 0.3 is 0 Å². The summed E-state index contributed by atoms with van der Waals surface area (Å²) in [5, 5.41) is 0. The number of hydrogen-bond acceptors (Lipinski definition) is 3. The SMILES string of the molecule is COc1ccc(-c2ccc(N(C)C)cc2)c(N)c1. The molecule has 0 aliphatic heterocycles. The van der Waals surface area contributed by atoms with Gasteiger partial charge in [-0.3, -0.25) is 0 Å². The fourth-order valence-electron chi connectivity index (χ4n) is 1.87. The van der Waals surface area contributed by atoms with Crippen LogP contribution in [0.25, 0.3) is 11.1 Å². The number of ether oxygens (including phenoxy) is 1. The summed E-state index contributed by atoms with van der Waals surface area (Å²) >= 11 is 0. The van der Waals surface area contributed by atoms with Crippen molar-refractivity contribution < 1.29 is 4.74 Å². The lowest BCUT2D eigenvalue weighted by atomic mass is 10.0. The highest BCUT2D eigenvalue weighted by atomic mass is 16.5. The van der Waals surface area contributed by atoms with E-state index in [9.17, 15) is 0 Å². The maximum atomic E-state index is 6.04. The van der Waals surface area contributed by atoms with Gasteiger partial charge < -0.3 is 15.4 Å². The van der Waals surface area contributed by atoms with Crippen molar-refractivity contribution in [3.8, 4) is 16.9 Å². The fourth-order valence-corrected chi connectivity index (χ4v) is 1.87. The van der Waals surface area contributed by atoms with Crippen molar-refractivity contribution in [2.45, 2.75) is 0 Å². The van der Waals surface area contributed by atoms with Crippen LogP contribution in [0.3, 0.4) is 0 Å². The van der Waals surface area contributed by atoms with Gasteiger partial charge in [-0.2, -0.15) is 0 Å². The number of hydrogen-bond donors (Lipinski definition) is 1. The van der Waals surface area contributed by atoms with Gasteiger partial charge in [0.25, 0.3) is 0 Å². The lowest BCUT2D eigenvalue weighted by molar-refractivity contribution is 0.415. The molecule has 0 fully saturated rings. The van der Waals surface area contributed by atoms with Crippen LogP contribution in [0.2, 0.25) is 0 Å². The molecule has 94 valence electrons. The highest BCUT2D eigenvalue weighted by Gasteiger charge is 2.04. The van der Waals surface area contributed by atoms with E-state index >= 15 is 0 Å².